The summed E-state index contributed by atoms with van der Waals surface area (Å²) in [5.41, 5.74) is 4.19. The molecule has 0 radical (unpaired) electrons. The molecule has 20 heavy (non-hydrogen) atoms. The number of nitrogens with two attached hydrogens (primary N) is 1. The van der Waals surface area contributed by atoms with Crippen LogP contribution < -0.4 is 11.1 Å². The van der Waals surface area contributed by atoms with Gasteiger partial charge in [0.15, 0.2) is 0 Å². The van der Waals surface area contributed by atoms with Gasteiger partial charge in [0.25, 0.3) is 0 Å². The largest absolute Gasteiger partial charge is 0.418 e. The SMILES string of the molecule is Nc1ccn(CC(=O)Nc2ccccc2C(F)(F)F)n1. The number of rotatable bonds is 3. The number of carbonyl (C=O) groups is 1. The number of nitrogens with zero attached hydrogens (tertiary/aromatic N) is 2. The Morgan fingerprint density at radius 1 is 1.30 bits per heavy atom. The minimum absolute atomic E-state index is 0.219. The molecule has 106 valence electrons. The number of alkyl halides is 3. The highest BCUT2D eigenvalue weighted by molar-refractivity contribution is 5.91. The van der Waals surface area contributed by atoms with Crippen molar-refractivity contribution in [1.29, 1.82) is 0 Å². The molecule has 0 saturated heterocycles. The molecule has 1 heterocycles. The lowest BCUT2D eigenvalue weighted by Gasteiger charge is -2.13. The van der Waals surface area contributed by atoms with Gasteiger partial charge in [-0.3, -0.25) is 9.48 Å². The third kappa shape index (κ3) is 3.28. The van der Waals surface area contributed by atoms with Crippen LogP contribution in [0, 0.1) is 0 Å². The van der Waals surface area contributed by atoms with Crippen LogP contribution in [0.3, 0.4) is 0 Å². The van der Waals surface area contributed by atoms with E-state index in [9.17, 15) is 18.0 Å². The van der Waals surface area contributed by atoms with Crippen LogP contribution in [0.25, 0.3) is 0 Å². The lowest BCUT2D eigenvalue weighted by molar-refractivity contribution is -0.137. The Kier molecular flexibility index (Phi) is 3.64. The summed E-state index contributed by atoms with van der Waals surface area (Å²) in [6.45, 7) is -0.219. The summed E-state index contributed by atoms with van der Waals surface area (Å²) in [4.78, 5) is 11.7. The number of benzene rings is 1. The molecule has 0 unspecified atom stereocenters. The standard InChI is InChI=1S/C12H11F3N4O/c13-12(14,15)8-3-1-2-4-9(8)17-11(20)7-19-6-5-10(16)18-19/h1-6H,7H2,(H2,16,18)(H,17,20). The summed E-state index contributed by atoms with van der Waals surface area (Å²) < 4.78 is 39.5. The summed E-state index contributed by atoms with van der Waals surface area (Å²) in [7, 11) is 0. The minimum Gasteiger partial charge on any atom is -0.382 e. The smallest absolute Gasteiger partial charge is 0.382 e. The fourth-order valence-corrected chi connectivity index (χ4v) is 1.64. The first-order valence-corrected chi connectivity index (χ1v) is 5.61. The molecule has 0 aliphatic carbocycles. The molecule has 3 N–H and O–H groups in total. The Hall–Kier alpha value is -2.51. The molecule has 0 aliphatic rings. The van der Waals surface area contributed by atoms with Crippen molar-refractivity contribution in [2.45, 2.75) is 12.7 Å². The summed E-state index contributed by atoms with van der Waals surface area (Å²) >= 11 is 0. The lowest BCUT2D eigenvalue weighted by atomic mass is 10.1. The molecule has 0 aliphatic heterocycles. The number of halogens is 3. The predicted octanol–water partition coefficient (Wildman–Crippen LogP) is 2.12. The Bertz CT molecular complexity index is 621. The average molecular weight is 284 g/mol. The fraction of sp³-hybridized carbons (Fsp3) is 0.167. The monoisotopic (exact) mass is 284 g/mol. The van der Waals surface area contributed by atoms with Crippen molar-refractivity contribution in [3.63, 3.8) is 0 Å². The Morgan fingerprint density at radius 2 is 2.00 bits per heavy atom. The molecule has 0 fully saturated rings. The van der Waals surface area contributed by atoms with Gasteiger partial charge in [-0.1, -0.05) is 12.1 Å². The van der Waals surface area contributed by atoms with Crippen molar-refractivity contribution in [2.24, 2.45) is 0 Å². The molecule has 1 amide bonds. The highest BCUT2D eigenvalue weighted by Gasteiger charge is 2.33. The van der Waals surface area contributed by atoms with Gasteiger partial charge in [0.05, 0.1) is 11.3 Å². The van der Waals surface area contributed by atoms with Crippen molar-refractivity contribution in [3.05, 3.63) is 42.1 Å². The zero-order valence-corrected chi connectivity index (χ0v) is 10.2. The highest BCUT2D eigenvalue weighted by Crippen LogP contribution is 2.34. The Morgan fingerprint density at radius 3 is 2.60 bits per heavy atom. The molecule has 0 bridgehead atoms. The van der Waals surface area contributed by atoms with Gasteiger partial charge in [-0.25, -0.2) is 0 Å². The van der Waals surface area contributed by atoms with Crippen LogP contribution in [0.5, 0.6) is 0 Å². The van der Waals surface area contributed by atoms with E-state index in [0.717, 1.165) is 6.07 Å². The Balaban J connectivity index is 2.12. The lowest BCUT2D eigenvalue weighted by Crippen LogP contribution is -2.21. The molecule has 0 spiro atoms. The number of nitrogen functional groups attached to an aromatic ring is 1. The van der Waals surface area contributed by atoms with Gasteiger partial charge >= 0.3 is 6.18 Å². The van der Waals surface area contributed by atoms with E-state index in [1.165, 1.54) is 35.1 Å². The van der Waals surface area contributed by atoms with Crippen molar-refractivity contribution in [3.8, 4) is 0 Å². The second-order valence-electron chi connectivity index (χ2n) is 4.03. The van der Waals surface area contributed by atoms with E-state index >= 15 is 0 Å². The second-order valence-corrected chi connectivity index (χ2v) is 4.03. The minimum atomic E-state index is -4.53. The topological polar surface area (TPSA) is 72.9 Å². The van der Waals surface area contributed by atoms with Crippen LogP contribution in [0.15, 0.2) is 36.5 Å². The van der Waals surface area contributed by atoms with Gasteiger partial charge in [-0.15, -0.1) is 0 Å². The number of hydrogen-bond acceptors (Lipinski definition) is 3. The molecule has 1 aromatic carbocycles. The van der Waals surface area contributed by atoms with Crippen molar-refractivity contribution in [2.75, 3.05) is 11.1 Å². The number of nitrogens with one attached hydrogen (secondary N) is 1. The number of anilines is 2. The maximum absolute atomic E-state index is 12.7. The number of carbonyl (C=O) groups excluding carboxylic acids is 1. The molecular weight excluding hydrogens is 273 g/mol. The zero-order chi connectivity index (χ0) is 14.8. The van der Waals surface area contributed by atoms with Gasteiger partial charge in [0, 0.05) is 6.20 Å². The molecule has 5 nitrogen and oxygen atoms in total. The molecule has 1 aromatic heterocycles. The van der Waals surface area contributed by atoms with Crippen molar-refractivity contribution in [1.82, 2.24) is 9.78 Å². The van der Waals surface area contributed by atoms with E-state index in [-0.39, 0.29) is 18.1 Å². The Labute approximate surface area is 112 Å². The fourth-order valence-electron chi connectivity index (χ4n) is 1.64. The van der Waals surface area contributed by atoms with Crippen LogP contribution in [-0.4, -0.2) is 15.7 Å². The maximum Gasteiger partial charge on any atom is 0.418 e. The number of aromatic nitrogens is 2. The van der Waals surface area contributed by atoms with E-state index < -0.39 is 17.6 Å². The van der Waals surface area contributed by atoms with Crippen LogP contribution >= 0.6 is 0 Å². The van der Waals surface area contributed by atoms with E-state index in [2.05, 4.69) is 10.4 Å². The first-order chi connectivity index (χ1) is 9.36. The first-order valence-electron chi connectivity index (χ1n) is 5.61. The second kappa shape index (κ2) is 5.24. The van der Waals surface area contributed by atoms with Gasteiger partial charge < -0.3 is 11.1 Å². The summed E-state index contributed by atoms with van der Waals surface area (Å²) in [5.74, 6) is -0.390. The highest BCUT2D eigenvalue weighted by atomic mass is 19.4. The van der Waals surface area contributed by atoms with Crippen LogP contribution in [-0.2, 0) is 17.5 Å². The van der Waals surface area contributed by atoms with Gasteiger partial charge in [0.1, 0.15) is 12.4 Å². The quantitative estimate of drug-likeness (QED) is 0.906. The zero-order valence-electron chi connectivity index (χ0n) is 10.2. The molecular formula is C12H11F3N4O. The predicted molar refractivity (Wildman–Crippen MR) is 66.7 cm³/mol. The molecule has 8 heteroatoms. The van der Waals surface area contributed by atoms with Gasteiger partial charge in [0.2, 0.25) is 5.91 Å². The van der Waals surface area contributed by atoms with E-state index in [4.69, 9.17) is 5.73 Å². The number of para-hydroxylation sites is 1. The summed E-state index contributed by atoms with van der Waals surface area (Å²) in [5, 5.41) is 5.99. The molecule has 0 saturated carbocycles. The number of amides is 1. The van der Waals surface area contributed by atoms with E-state index in [1.54, 1.807) is 0 Å². The molecule has 2 rings (SSSR count). The molecule has 0 atom stereocenters. The average Bonchev–Trinajstić information content (AvgIpc) is 2.73. The van der Waals surface area contributed by atoms with E-state index in [1.807, 2.05) is 0 Å². The van der Waals surface area contributed by atoms with Crippen molar-refractivity contribution < 1.29 is 18.0 Å². The van der Waals surface area contributed by atoms with Gasteiger partial charge in [-0.2, -0.15) is 18.3 Å². The van der Waals surface area contributed by atoms with Gasteiger partial charge in [-0.05, 0) is 18.2 Å². The third-order valence-corrected chi connectivity index (χ3v) is 2.47. The van der Waals surface area contributed by atoms with Crippen LogP contribution in [0.1, 0.15) is 5.56 Å². The third-order valence-electron chi connectivity index (χ3n) is 2.47. The van der Waals surface area contributed by atoms with E-state index in [0.29, 0.717) is 0 Å². The summed E-state index contributed by atoms with van der Waals surface area (Å²) in [6.07, 6.45) is -3.06. The van der Waals surface area contributed by atoms with Crippen LogP contribution in [0.2, 0.25) is 0 Å². The summed E-state index contributed by atoms with van der Waals surface area (Å²) in [6, 6.07) is 6.25. The van der Waals surface area contributed by atoms with Crippen molar-refractivity contribution >= 4 is 17.4 Å². The number of hydrogen-bond donors (Lipinski definition) is 2. The maximum atomic E-state index is 12.7. The molecule has 2 aromatic rings. The first kappa shape index (κ1) is 13.9. The van der Waals surface area contributed by atoms with Crippen LogP contribution in [0.4, 0.5) is 24.7 Å². The normalized spacial score (nSPS) is 11.3.